The standard InChI is InChI=1S/C35H42O3.C34H39O3.I2.Y/c1-15-16(2)21(7)29(34(36)37)26(19(15)5)30-27-20(6)17(3)18(4)24(10)32(27)38-33-25(11)31(35(12,13)14)23(9)22(8)28(30)33;1-15-14-16(2)30-28(17(15)3)34(27-21(7)19(5)18(4)20(6)25(27)32(35)37-34)29-23(9)22(8)26(33(11,12)13)24(10)31(29)36-30;1-2;/h4H2,1-3,5-14H3,(H,36,37);1-13H3;;/q;-1;;. The van der Waals surface area contributed by atoms with Gasteiger partial charge in [-0.3, -0.25) is 0 Å². The van der Waals surface area contributed by atoms with Crippen molar-refractivity contribution >= 4 is 61.3 Å². The number of carboxylic acids is 1. The number of hydrogen-bond acceptors (Lipinski definition) is 5. The Labute approximate surface area is 515 Å². The molecule has 1 unspecified atom stereocenters. The maximum Gasteiger partial charge on any atom is 0.340 e. The summed E-state index contributed by atoms with van der Waals surface area (Å²) in [5.74, 6) is 2.04. The molecule has 0 fully saturated rings. The van der Waals surface area contributed by atoms with Gasteiger partial charge in [0.1, 0.15) is 17.2 Å². The molecule has 9 heteroatoms. The molecule has 78 heavy (non-hydrogen) atoms. The van der Waals surface area contributed by atoms with E-state index >= 15 is 0 Å². The van der Waals surface area contributed by atoms with Crippen LogP contribution in [0.15, 0.2) is 0 Å². The first kappa shape index (κ1) is 63.3. The minimum Gasteiger partial charge on any atom is -0.515 e. The van der Waals surface area contributed by atoms with Crippen molar-refractivity contribution in [1.82, 2.24) is 0 Å². The Hall–Kier alpha value is -3.84. The molecule has 3 heterocycles. The quantitative estimate of drug-likeness (QED) is 0.106. The molecule has 0 aliphatic carbocycles. The summed E-state index contributed by atoms with van der Waals surface area (Å²) in [6.45, 7) is 59.9. The van der Waals surface area contributed by atoms with E-state index in [1.807, 2.05) is 20.8 Å². The number of fused-ring (bicyclic) bond motifs is 8. The fourth-order valence-corrected chi connectivity index (χ4v) is 13.8. The Kier molecular flexibility index (Phi) is 17.7. The van der Waals surface area contributed by atoms with E-state index in [9.17, 15) is 14.7 Å². The third kappa shape index (κ3) is 9.21. The van der Waals surface area contributed by atoms with Gasteiger partial charge in [-0.1, -0.05) is 74.5 Å². The van der Waals surface area contributed by atoms with Crippen molar-refractivity contribution in [3.05, 3.63) is 178 Å². The maximum atomic E-state index is 13.9. The Morgan fingerprint density at radius 1 is 0.462 bits per heavy atom. The largest absolute Gasteiger partial charge is 0.515 e. The third-order valence-corrected chi connectivity index (χ3v) is 18.6. The molecule has 0 saturated heterocycles. The number of carbonyl (C=O) groups is 2. The molecule has 3 aliphatic heterocycles. The van der Waals surface area contributed by atoms with Gasteiger partial charge in [-0.15, -0.1) is 11.1 Å². The molecule has 0 aromatic heterocycles. The molecule has 3 aliphatic rings. The van der Waals surface area contributed by atoms with Crippen molar-refractivity contribution in [1.29, 1.82) is 0 Å². The van der Waals surface area contributed by atoms with E-state index in [2.05, 4.69) is 209 Å². The van der Waals surface area contributed by atoms with Gasteiger partial charge in [0.05, 0.1) is 11.1 Å². The smallest absolute Gasteiger partial charge is 0.340 e. The summed E-state index contributed by atoms with van der Waals surface area (Å²) in [6, 6.07) is 3.51. The van der Waals surface area contributed by atoms with E-state index in [0.29, 0.717) is 11.1 Å². The van der Waals surface area contributed by atoms with Crippen LogP contribution in [-0.2, 0) is 53.9 Å². The number of hydrogen-bond donors (Lipinski definition) is 1. The van der Waals surface area contributed by atoms with Gasteiger partial charge in [0, 0.05) is 109 Å². The second kappa shape index (κ2) is 21.8. The van der Waals surface area contributed by atoms with Crippen LogP contribution in [0.4, 0.5) is 0 Å². The molecule has 1 spiro atoms. The van der Waals surface area contributed by atoms with Crippen LogP contribution in [-0.4, -0.2) is 17.0 Å². The molecule has 1 N–H and O–H groups in total. The summed E-state index contributed by atoms with van der Waals surface area (Å²) in [5, 5.41) is 12.6. The number of halogens is 2. The number of aromatic carboxylic acids is 1. The molecule has 0 saturated carbocycles. The normalized spacial score (nSPS) is 14.8. The summed E-state index contributed by atoms with van der Waals surface area (Å²) in [4.78, 5) is 26.9. The molecule has 411 valence electrons. The molecule has 1 radical (unpaired) electrons. The second-order valence-electron chi connectivity index (χ2n) is 24.6. The predicted molar refractivity (Wildman–Crippen MR) is 336 cm³/mol. The SMILES string of the molecule is C=c1c(C)c(C)c2c(c1C)Oc1c(C)c(C(C)(C)C)c(C)c(C)c1C=2c1c(C)c(C)c(C)c(C)c1C(=O)O.Cc1[c-]c(C)c2c(c1C)C1(OC(=O)c3c(C)c(C)c(C)c(C)c31)c1c(C)c(C)c(C(C)(C)C)c(C)c1O2.II.[Y]. The van der Waals surface area contributed by atoms with Crippen molar-refractivity contribution in [2.75, 3.05) is 0 Å². The molecular weight excluding hydrogens is 1270 g/mol. The molecule has 1 atom stereocenters. The van der Waals surface area contributed by atoms with E-state index < -0.39 is 11.6 Å². The van der Waals surface area contributed by atoms with Gasteiger partial charge < -0.3 is 19.3 Å². The van der Waals surface area contributed by atoms with Crippen molar-refractivity contribution in [3.63, 3.8) is 0 Å². The van der Waals surface area contributed by atoms with Crippen LogP contribution in [0.2, 0.25) is 0 Å². The average molecular weight is 1350 g/mol. The Morgan fingerprint density at radius 2 is 0.885 bits per heavy atom. The van der Waals surface area contributed by atoms with Crippen molar-refractivity contribution < 1.29 is 61.6 Å². The van der Waals surface area contributed by atoms with Crippen molar-refractivity contribution in [2.45, 2.75) is 196 Å². The summed E-state index contributed by atoms with van der Waals surface area (Å²) in [6.07, 6.45) is 0. The number of rotatable bonds is 2. The van der Waals surface area contributed by atoms with E-state index in [4.69, 9.17) is 14.2 Å². The topological polar surface area (TPSA) is 82.1 Å². The fourth-order valence-electron chi connectivity index (χ4n) is 13.8. The van der Waals surface area contributed by atoms with Gasteiger partial charge in [0.15, 0.2) is 5.60 Å². The molecular formula is C69H81I2O6Y-. The zero-order valence-electron chi connectivity index (χ0n) is 51.5. The number of esters is 1. The summed E-state index contributed by atoms with van der Waals surface area (Å²) >= 11 is 4.24. The first-order valence-electron chi connectivity index (χ1n) is 26.9. The first-order chi connectivity index (χ1) is 35.5. The Morgan fingerprint density at radius 3 is 1.40 bits per heavy atom. The number of benzene rings is 6. The predicted octanol–water partition coefficient (Wildman–Crippen LogP) is 17.7. The number of ether oxygens (including phenoxy) is 3. The van der Waals surface area contributed by atoms with Gasteiger partial charge in [-0.05, 0) is 239 Å². The van der Waals surface area contributed by atoms with E-state index in [1.54, 1.807) is 0 Å². The summed E-state index contributed by atoms with van der Waals surface area (Å²) < 4.78 is 20.5. The zero-order chi connectivity index (χ0) is 58.3. The minimum absolute atomic E-state index is 0. The molecule has 6 aromatic carbocycles. The molecule has 0 amide bonds. The summed E-state index contributed by atoms with van der Waals surface area (Å²) in [5.41, 5.74) is 29.7. The van der Waals surface area contributed by atoms with Crippen molar-refractivity contribution in [2.24, 2.45) is 0 Å². The van der Waals surface area contributed by atoms with Crippen LogP contribution in [0.1, 0.15) is 212 Å². The van der Waals surface area contributed by atoms with Crippen LogP contribution in [0.5, 0.6) is 23.0 Å². The van der Waals surface area contributed by atoms with Crippen LogP contribution >= 0.6 is 37.2 Å². The van der Waals surface area contributed by atoms with E-state index in [-0.39, 0.29) is 49.5 Å². The van der Waals surface area contributed by atoms with Crippen molar-refractivity contribution in [3.8, 4) is 23.0 Å². The Balaban J connectivity index is 0.000000242. The van der Waals surface area contributed by atoms with Gasteiger partial charge >= 0.3 is 11.9 Å². The second-order valence-corrected chi connectivity index (χ2v) is 24.6. The van der Waals surface area contributed by atoms with Gasteiger partial charge in [-0.25, -0.2) is 9.59 Å². The molecule has 6 aromatic rings. The van der Waals surface area contributed by atoms with Gasteiger partial charge in [-0.2, -0.15) is 11.6 Å². The summed E-state index contributed by atoms with van der Waals surface area (Å²) in [7, 11) is 0. The molecule has 0 bridgehead atoms. The molecule has 6 nitrogen and oxygen atoms in total. The zero-order valence-corrected chi connectivity index (χ0v) is 58.7. The maximum absolute atomic E-state index is 13.9. The average Bonchev–Trinajstić information content (AvgIpc) is 3.76. The van der Waals surface area contributed by atoms with E-state index in [0.717, 1.165) is 161 Å². The van der Waals surface area contributed by atoms with Gasteiger partial charge in [0.25, 0.3) is 0 Å². The van der Waals surface area contributed by atoms with Crippen LogP contribution in [0.3, 0.4) is 0 Å². The number of carbonyl (C=O) groups excluding carboxylic acids is 1. The monoisotopic (exact) mass is 1350 g/mol. The number of aryl methyl sites for hydroxylation is 2. The van der Waals surface area contributed by atoms with Crippen LogP contribution < -0.4 is 19.9 Å². The fraction of sp³-hybridized carbons (Fsp3) is 0.420. The van der Waals surface area contributed by atoms with E-state index in [1.165, 1.54) is 27.8 Å². The number of carboxylic acid groups (broad SMARTS) is 1. The first-order valence-corrected chi connectivity index (χ1v) is 33.1. The van der Waals surface area contributed by atoms with Crippen LogP contribution in [0.25, 0.3) is 12.2 Å². The minimum atomic E-state index is -1.08. The third-order valence-electron chi connectivity index (χ3n) is 18.6. The Bertz CT molecular complexity index is 3770. The van der Waals surface area contributed by atoms with Crippen LogP contribution in [0, 0.1) is 145 Å². The van der Waals surface area contributed by atoms with Gasteiger partial charge in [0.2, 0.25) is 0 Å². The molecule has 9 rings (SSSR count).